The summed E-state index contributed by atoms with van der Waals surface area (Å²) in [6, 6.07) is 0. The summed E-state index contributed by atoms with van der Waals surface area (Å²) in [5.74, 6) is 1.37. The Bertz CT molecular complexity index is 190. The van der Waals surface area contributed by atoms with E-state index in [1.165, 1.54) is 0 Å². The monoisotopic (exact) mass is 359 g/mol. The van der Waals surface area contributed by atoms with E-state index in [-0.39, 0.29) is 24.0 Å². The van der Waals surface area contributed by atoms with Gasteiger partial charge in [-0.25, -0.2) is 0 Å². The second kappa shape index (κ2) is 14.0. The molecule has 17 heavy (non-hydrogen) atoms. The zero-order valence-corrected chi connectivity index (χ0v) is 13.6. The average Bonchev–Trinajstić information content (AvgIpc) is 2.26. The normalized spacial score (nSPS) is 11.2. The van der Waals surface area contributed by atoms with Gasteiger partial charge in [0.1, 0.15) is 0 Å². The summed E-state index contributed by atoms with van der Waals surface area (Å²) in [6.07, 6.45) is 0. The molecule has 0 bridgehead atoms. The molecular formula is C11H26IN3O2. The van der Waals surface area contributed by atoms with Gasteiger partial charge in [-0.2, -0.15) is 0 Å². The lowest BCUT2D eigenvalue weighted by molar-refractivity contribution is 0.114. The Kier molecular flexibility index (Phi) is 15.8. The van der Waals surface area contributed by atoms with Crippen LogP contribution >= 0.6 is 24.0 Å². The van der Waals surface area contributed by atoms with Crippen LogP contribution in [0.2, 0.25) is 0 Å². The van der Waals surface area contributed by atoms with Crippen molar-refractivity contribution in [3.63, 3.8) is 0 Å². The minimum atomic E-state index is 0. The lowest BCUT2D eigenvalue weighted by Crippen LogP contribution is -2.40. The summed E-state index contributed by atoms with van der Waals surface area (Å²) in [5, 5.41) is 6.29. The highest BCUT2D eigenvalue weighted by molar-refractivity contribution is 14.0. The third-order valence-electron chi connectivity index (χ3n) is 1.81. The Labute approximate surface area is 122 Å². The van der Waals surface area contributed by atoms with Crippen molar-refractivity contribution in [3.05, 3.63) is 0 Å². The summed E-state index contributed by atoms with van der Waals surface area (Å²) in [6.45, 7) is 7.96. The molecule has 0 aliphatic heterocycles. The van der Waals surface area contributed by atoms with Gasteiger partial charge in [-0.15, -0.1) is 24.0 Å². The van der Waals surface area contributed by atoms with Gasteiger partial charge in [0.2, 0.25) is 0 Å². The topological polar surface area (TPSA) is 54.9 Å². The molecule has 0 unspecified atom stereocenters. The zero-order chi connectivity index (χ0) is 12.2. The predicted molar refractivity (Wildman–Crippen MR) is 82.3 cm³/mol. The maximum atomic E-state index is 5.45. The number of ether oxygens (including phenoxy) is 2. The van der Waals surface area contributed by atoms with E-state index in [0.29, 0.717) is 19.1 Å². The van der Waals surface area contributed by atoms with E-state index in [2.05, 4.69) is 29.5 Å². The third kappa shape index (κ3) is 13.9. The minimum absolute atomic E-state index is 0. The molecule has 104 valence electrons. The second-order valence-corrected chi connectivity index (χ2v) is 3.89. The van der Waals surface area contributed by atoms with E-state index in [0.717, 1.165) is 25.7 Å². The van der Waals surface area contributed by atoms with Gasteiger partial charge in [-0.05, 0) is 5.92 Å². The number of nitrogens with zero attached hydrogens (tertiary/aromatic N) is 1. The highest BCUT2D eigenvalue weighted by atomic mass is 127. The molecule has 0 atom stereocenters. The van der Waals surface area contributed by atoms with Crippen LogP contribution in [0.4, 0.5) is 0 Å². The van der Waals surface area contributed by atoms with Crippen LogP contribution in [0.1, 0.15) is 13.8 Å². The first-order valence-electron chi connectivity index (χ1n) is 5.72. The van der Waals surface area contributed by atoms with Gasteiger partial charge in [-0.3, -0.25) is 4.99 Å². The van der Waals surface area contributed by atoms with Gasteiger partial charge in [0, 0.05) is 33.9 Å². The number of hydrogen-bond donors (Lipinski definition) is 2. The molecule has 0 fully saturated rings. The number of methoxy groups -OCH3 is 1. The van der Waals surface area contributed by atoms with E-state index in [1.54, 1.807) is 14.2 Å². The van der Waals surface area contributed by atoms with E-state index in [4.69, 9.17) is 9.47 Å². The molecule has 0 aromatic rings. The molecule has 0 rings (SSSR count). The lowest BCUT2D eigenvalue weighted by atomic mass is 10.2. The molecule has 0 aromatic heterocycles. The fourth-order valence-electron chi connectivity index (χ4n) is 1.05. The smallest absolute Gasteiger partial charge is 0.191 e. The number of halogens is 1. The summed E-state index contributed by atoms with van der Waals surface area (Å²) in [5.41, 5.74) is 0. The molecule has 0 aromatic carbocycles. The standard InChI is InChI=1S/C11H25N3O2.HI/c1-10(2)9-16-8-6-14-11(12-3)13-5-7-15-4;/h10H,5-9H2,1-4H3,(H2,12,13,14);1H. The number of nitrogens with one attached hydrogen (secondary N) is 2. The number of hydrogen-bond acceptors (Lipinski definition) is 3. The SMILES string of the molecule is CN=C(NCCOC)NCCOCC(C)C.I. The fourth-order valence-corrected chi connectivity index (χ4v) is 1.05. The number of guanidine groups is 1. The summed E-state index contributed by atoms with van der Waals surface area (Å²) in [4.78, 5) is 4.08. The summed E-state index contributed by atoms with van der Waals surface area (Å²) >= 11 is 0. The Balaban J connectivity index is 0. The number of aliphatic imine (C=N–C) groups is 1. The van der Waals surface area contributed by atoms with Crippen LogP contribution in [-0.4, -0.2) is 53.0 Å². The summed E-state index contributed by atoms with van der Waals surface area (Å²) in [7, 11) is 3.43. The lowest BCUT2D eigenvalue weighted by Gasteiger charge is -2.12. The molecule has 0 radical (unpaired) electrons. The van der Waals surface area contributed by atoms with Crippen LogP contribution in [0.5, 0.6) is 0 Å². The Morgan fingerprint density at radius 1 is 1.18 bits per heavy atom. The van der Waals surface area contributed by atoms with Crippen molar-refractivity contribution < 1.29 is 9.47 Å². The summed E-state index contributed by atoms with van der Waals surface area (Å²) < 4.78 is 10.4. The predicted octanol–water partition coefficient (Wildman–Crippen LogP) is 1.09. The van der Waals surface area contributed by atoms with Gasteiger partial charge in [-0.1, -0.05) is 13.8 Å². The highest BCUT2D eigenvalue weighted by Crippen LogP contribution is 1.90. The van der Waals surface area contributed by atoms with E-state index < -0.39 is 0 Å². The zero-order valence-electron chi connectivity index (χ0n) is 11.3. The molecule has 0 amide bonds. The first-order chi connectivity index (χ1) is 7.70. The molecular weight excluding hydrogens is 333 g/mol. The first kappa shape index (κ1) is 19.3. The fraction of sp³-hybridized carbons (Fsp3) is 0.909. The third-order valence-corrected chi connectivity index (χ3v) is 1.81. The van der Waals surface area contributed by atoms with Gasteiger partial charge < -0.3 is 20.1 Å². The molecule has 0 saturated heterocycles. The van der Waals surface area contributed by atoms with E-state index in [9.17, 15) is 0 Å². The molecule has 5 nitrogen and oxygen atoms in total. The van der Waals surface area contributed by atoms with Crippen molar-refractivity contribution in [3.8, 4) is 0 Å². The van der Waals surface area contributed by atoms with Crippen molar-refractivity contribution in [1.82, 2.24) is 10.6 Å². The van der Waals surface area contributed by atoms with Gasteiger partial charge in [0.05, 0.1) is 13.2 Å². The van der Waals surface area contributed by atoms with Gasteiger partial charge in [0.25, 0.3) is 0 Å². The van der Waals surface area contributed by atoms with E-state index in [1.807, 2.05) is 0 Å². The molecule has 6 heteroatoms. The van der Waals surface area contributed by atoms with Crippen LogP contribution in [0.3, 0.4) is 0 Å². The van der Waals surface area contributed by atoms with Crippen molar-refractivity contribution >= 4 is 29.9 Å². The minimum Gasteiger partial charge on any atom is -0.383 e. The van der Waals surface area contributed by atoms with Crippen LogP contribution in [-0.2, 0) is 9.47 Å². The van der Waals surface area contributed by atoms with Crippen molar-refractivity contribution in [2.24, 2.45) is 10.9 Å². The maximum Gasteiger partial charge on any atom is 0.191 e. The molecule has 0 saturated carbocycles. The Morgan fingerprint density at radius 2 is 1.76 bits per heavy atom. The Hall–Kier alpha value is -0.0800. The van der Waals surface area contributed by atoms with Crippen molar-refractivity contribution in [2.75, 3.05) is 47.1 Å². The first-order valence-corrected chi connectivity index (χ1v) is 5.72. The van der Waals surface area contributed by atoms with Crippen LogP contribution < -0.4 is 10.6 Å². The van der Waals surface area contributed by atoms with Gasteiger partial charge >= 0.3 is 0 Å². The molecule has 2 N–H and O–H groups in total. The molecule has 0 aliphatic carbocycles. The van der Waals surface area contributed by atoms with E-state index >= 15 is 0 Å². The quantitative estimate of drug-likeness (QED) is 0.295. The highest BCUT2D eigenvalue weighted by Gasteiger charge is 1.96. The van der Waals surface area contributed by atoms with Crippen LogP contribution in [0.15, 0.2) is 4.99 Å². The second-order valence-electron chi connectivity index (χ2n) is 3.89. The van der Waals surface area contributed by atoms with Crippen molar-refractivity contribution in [1.29, 1.82) is 0 Å². The van der Waals surface area contributed by atoms with Gasteiger partial charge in [0.15, 0.2) is 5.96 Å². The Morgan fingerprint density at radius 3 is 2.24 bits per heavy atom. The molecule has 0 heterocycles. The molecule has 0 aliphatic rings. The maximum absolute atomic E-state index is 5.45. The molecule has 0 spiro atoms. The number of rotatable bonds is 8. The van der Waals surface area contributed by atoms with Crippen LogP contribution in [0.25, 0.3) is 0 Å². The van der Waals surface area contributed by atoms with Crippen LogP contribution in [0, 0.1) is 5.92 Å². The average molecular weight is 359 g/mol. The van der Waals surface area contributed by atoms with Crippen molar-refractivity contribution in [2.45, 2.75) is 13.8 Å². The largest absolute Gasteiger partial charge is 0.383 e.